The summed E-state index contributed by atoms with van der Waals surface area (Å²) in [5.74, 6) is 0.937. The van der Waals surface area contributed by atoms with Gasteiger partial charge in [0.15, 0.2) is 0 Å². The first kappa shape index (κ1) is 18.2. The molecule has 0 saturated heterocycles. The van der Waals surface area contributed by atoms with E-state index in [0.29, 0.717) is 12.6 Å². The van der Waals surface area contributed by atoms with Crippen molar-refractivity contribution >= 4 is 24.4 Å². The molecule has 0 spiro atoms. The molecule has 1 aliphatic heterocycles. The summed E-state index contributed by atoms with van der Waals surface area (Å²) in [6.07, 6.45) is 4.77. The van der Waals surface area contributed by atoms with E-state index >= 15 is 0 Å². The van der Waals surface area contributed by atoms with Crippen molar-refractivity contribution in [2.45, 2.75) is 37.1 Å². The number of benzene rings is 2. The van der Waals surface area contributed by atoms with E-state index in [1.807, 2.05) is 12.1 Å². The zero-order valence-corrected chi connectivity index (χ0v) is 16.5. The van der Waals surface area contributed by atoms with Gasteiger partial charge in [0, 0.05) is 23.0 Å². The van der Waals surface area contributed by atoms with Gasteiger partial charge in [0.2, 0.25) is 0 Å². The van der Waals surface area contributed by atoms with Gasteiger partial charge >= 0.3 is 0 Å². The molecule has 1 atom stereocenters. The van der Waals surface area contributed by atoms with Crippen molar-refractivity contribution in [2.75, 3.05) is 19.7 Å². The minimum absolute atomic E-state index is 0.158. The maximum absolute atomic E-state index is 6.13. The van der Waals surface area contributed by atoms with Gasteiger partial charge in [0.05, 0.1) is 0 Å². The van der Waals surface area contributed by atoms with Gasteiger partial charge in [0.1, 0.15) is 12.4 Å². The summed E-state index contributed by atoms with van der Waals surface area (Å²) in [7, 11) is 0. The van der Waals surface area contributed by atoms with Crippen LogP contribution in [0.5, 0.6) is 5.75 Å². The van der Waals surface area contributed by atoms with Crippen LogP contribution in [-0.2, 0) is 11.8 Å². The van der Waals surface area contributed by atoms with Gasteiger partial charge < -0.3 is 10.1 Å². The highest BCUT2D eigenvalue weighted by Crippen LogP contribution is 2.53. The van der Waals surface area contributed by atoms with Gasteiger partial charge in [0.25, 0.3) is 0 Å². The summed E-state index contributed by atoms with van der Waals surface area (Å²) >= 11 is 10.1. The Morgan fingerprint density at radius 3 is 2.69 bits per heavy atom. The van der Waals surface area contributed by atoms with E-state index in [0.717, 1.165) is 30.3 Å². The third kappa shape index (κ3) is 3.36. The highest BCUT2D eigenvalue weighted by molar-refractivity contribution is 7.78. The molecule has 2 aromatic rings. The largest absolute Gasteiger partial charge is 0.492 e. The number of hydrogen-bond donors (Lipinski definition) is 3. The molecule has 0 bridgehead atoms. The highest BCUT2D eigenvalue weighted by Gasteiger charge is 2.47. The Labute approximate surface area is 166 Å². The number of ether oxygens (including phenoxy) is 1. The second-order valence-corrected chi connectivity index (χ2v) is 8.02. The third-order valence-electron chi connectivity index (χ3n) is 5.87. The smallest absolute Gasteiger partial charge is 0.119 e. The van der Waals surface area contributed by atoms with E-state index in [9.17, 15) is 0 Å². The van der Waals surface area contributed by atoms with Crippen LogP contribution < -0.4 is 14.8 Å². The fourth-order valence-electron chi connectivity index (χ4n) is 4.41. The number of rotatable bonds is 6. The maximum atomic E-state index is 6.13. The van der Waals surface area contributed by atoms with Crippen LogP contribution >= 0.6 is 24.4 Å². The molecular weight excluding hydrogens is 364 g/mol. The molecule has 138 valence electrons. The van der Waals surface area contributed by atoms with Crippen molar-refractivity contribution in [3.05, 3.63) is 64.2 Å². The van der Waals surface area contributed by atoms with E-state index < -0.39 is 0 Å². The van der Waals surface area contributed by atoms with Crippen LogP contribution in [0.25, 0.3) is 0 Å². The molecule has 26 heavy (non-hydrogen) atoms. The van der Waals surface area contributed by atoms with Crippen molar-refractivity contribution in [1.29, 1.82) is 0 Å². The van der Waals surface area contributed by atoms with Crippen LogP contribution in [0.4, 0.5) is 0 Å². The second kappa shape index (κ2) is 7.81. The number of fused-ring (bicyclic) bond motifs is 1. The second-order valence-electron chi connectivity index (χ2n) is 7.27. The van der Waals surface area contributed by atoms with Crippen molar-refractivity contribution < 1.29 is 4.74 Å². The Morgan fingerprint density at radius 1 is 1.19 bits per heavy atom. The van der Waals surface area contributed by atoms with Crippen molar-refractivity contribution in [2.24, 2.45) is 0 Å². The SMILES string of the molecule is SNCCOc1ccc2c(c1)C(C1(c3ccc(Cl)cc3)CCC1)NCC2. The molecule has 3 nitrogen and oxygen atoms in total. The van der Waals surface area contributed by atoms with Crippen LogP contribution in [0.1, 0.15) is 42.0 Å². The lowest BCUT2D eigenvalue weighted by Gasteiger charge is -2.50. The number of nitrogens with one attached hydrogen (secondary N) is 2. The normalized spacial score (nSPS) is 20.9. The number of hydrogen-bond acceptors (Lipinski definition) is 4. The molecule has 4 rings (SSSR count). The molecule has 1 saturated carbocycles. The van der Waals surface area contributed by atoms with Crippen LogP contribution in [0.3, 0.4) is 0 Å². The monoisotopic (exact) mass is 388 g/mol. The molecule has 1 unspecified atom stereocenters. The molecule has 1 fully saturated rings. The summed E-state index contributed by atoms with van der Waals surface area (Å²) < 4.78 is 8.71. The molecule has 1 heterocycles. The van der Waals surface area contributed by atoms with Gasteiger partial charge in [-0.25, -0.2) is 0 Å². The van der Waals surface area contributed by atoms with E-state index in [4.69, 9.17) is 16.3 Å². The van der Waals surface area contributed by atoms with Crippen molar-refractivity contribution in [1.82, 2.24) is 10.0 Å². The minimum atomic E-state index is 0.158. The average Bonchev–Trinajstić information content (AvgIpc) is 2.63. The van der Waals surface area contributed by atoms with Gasteiger partial charge in [-0.1, -0.05) is 49.0 Å². The summed E-state index contributed by atoms with van der Waals surface area (Å²) in [6, 6.07) is 15.3. The molecule has 0 radical (unpaired) electrons. The zero-order valence-electron chi connectivity index (χ0n) is 14.8. The Hall–Kier alpha value is -1.20. The lowest BCUT2D eigenvalue weighted by molar-refractivity contribution is 0.164. The molecular formula is C21H25ClN2OS. The number of thiol groups is 1. The van der Waals surface area contributed by atoms with Gasteiger partial charge in [-0.3, -0.25) is 4.72 Å². The van der Waals surface area contributed by atoms with E-state index in [1.54, 1.807) is 0 Å². The molecule has 0 amide bonds. The Kier molecular flexibility index (Phi) is 5.46. The lowest BCUT2D eigenvalue weighted by atomic mass is 9.58. The van der Waals surface area contributed by atoms with Gasteiger partial charge in [-0.15, -0.1) is 0 Å². The predicted octanol–water partition coefficient (Wildman–Crippen LogP) is 4.46. The van der Waals surface area contributed by atoms with E-state index in [1.165, 1.54) is 36.0 Å². The number of halogens is 1. The fraction of sp³-hybridized carbons (Fsp3) is 0.429. The Bertz CT molecular complexity index is 761. The highest BCUT2D eigenvalue weighted by atomic mass is 35.5. The lowest BCUT2D eigenvalue weighted by Crippen LogP contribution is -2.49. The van der Waals surface area contributed by atoms with E-state index in [-0.39, 0.29) is 5.41 Å². The van der Waals surface area contributed by atoms with Crippen LogP contribution in [0.15, 0.2) is 42.5 Å². The molecule has 2 aliphatic rings. The first-order chi connectivity index (χ1) is 12.7. The van der Waals surface area contributed by atoms with Crippen molar-refractivity contribution in [3.63, 3.8) is 0 Å². The van der Waals surface area contributed by atoms with Crippen LogP contribution in [-0.4, -0.2) is 19.7 Å². The first-order valence-corrected chi connectivity index (χ1v) is 10.2. The standard InChI is InChI=1S/C21H25ClN2OS/c22-17-5-3-16(4-6-17)21(9-1-10-21)20-19-14-18(25-13-12-24-26)7-2-15(19)8-11-23-20/h2-7,14,20,23-24,26H,1,8-13H2. The Balaban J connectivity index is 1.67. The van der Waals surface area contributed by atoms with Gasteiger partial charge in [-0.2, -0.15) is 0 Å². The summed E-state index contributed by atoms with van der Waals surface area (Å²) in [6.45, 7) is 2.36. The van der Waals surface area contributed by atoms with Gasteiger partial charge in [-0.05, 0) is 66.8 Å². The van der Waals surface area contributed by atoms with E-state index in [2.05, 4.69) is 53.2 Å². The summed E-state index contributed by atoms with van der Waals surface area (Å²) in [5, 5.41) is 4.61. The zero-order chi connectivity index (χ0) is 18.0. The van der Waals surface area contributed by atoms with Crippen molar-refractivity contribution in [3.8, 4) is 5.75 Å². The third-order valence-corrected chi connectivity index (χ3v) is 6.35. The quantitative estimate of drug-likeness (QED) is 0.504. The molecule has 5 heteroatoms. The topological polar surface area (TPSA) is 33.3 Å². The molecule has 2 aromatic carbocycles. The average molecular weight is 389 g/mol. The molecule has 2 N–H and O–H groups in total. The van der Waals surface area contributed by atoms with Crippen LogP contribution in [0.2, 0.25) is 5.02 Å². The predicted molar refractivity (Wildman–Crippen MR) is 110 cm³/mol. The summed E-state index contributed by atoms with van der Waals surface area (Å²) in [5.41, 5.74) is 4.38. The minimum Gasteiger partial charge on any atom is -0.492 e. The molecule has 1 aliphatic carbocycles. The Morgan fingerprint density at radius 2 is 2.00 bits per heavy atom. The van der Waals surface area contributed by atoms with Crippen LogP contribution in [0, 0.1) is 0 Å². The molecule has 0 aromatic heterocycles. The maximum Gasteiger partial charge on any atom is 0.119 e. The first-order valence-electron chi connectivity index (χ1n) is 9.35. The summed E-state index contributed by atoms with van der Waals surface area (Å²) in [4.78, 5) is 0. The fourth-order valence-corrected chi connectivity index (χ4v) is 4.63.